The number of carbonyl (C=O) groups is 1. The SMILES string of the molecule is COc1ccccc1NC(=O)[C@H](C)[NH+]1CC[NH+](Cc2ccc(OC)c(OC)c2)CC1. The van der Waals surface area contributed by atoms with Crippen molar-refractivity contribution in [2.75, 3.05) is 52.8 Å². The minimum absolute atomic E-state index is 0.0258. The Morgan fingerprint density at radius 2 is 1.60 bits per heavy atom. The molecule has 30 heavy (non-hydrogen) atoms. The van der Waals surface area contributed by atoms with Gasteiger partial charge in [0.2, 0.25) is 0 Å². The van der Waals surface area contributed by atoms with Gasteiger partial charge in [-0.15, -0.1) is 0 Å². The van der Waals surface area contributed by atoms with Crippen LogP contribution in [-0.2, 0) is 11.3 Å². The highest BCUT2D eigenvalue weighted by Crippen LogP contribution is 2.27. The monoisotopic (exact) mass is 415 g/mol. The summed E-state index contributed by atoms with van der Waals surface area (Å²) in [5.41, 5.74) is 1.95. The maximum atomic E-state index is 12.8. The number of nitrogens with one attached hydrogen (secondary N) is 3. The van der Waals surface area contributed by atoms with E-state index in [9.17, 15) is 4.79 Å². The zero-order valence-electron chi connectivity index (χ0n) is 18.3. The van der Waals surface area contributed by atoms with Crippen molar-refractivity contribution in [2.45, 2.75) is 19.5 Å². The minimum atomic E-state index is -0.113. The summed E-state index contributed by atoms with van der Waals surface area (Å²) in [4.78, 5) is 15.6. The molecule has 7 nitrogen and oxygen atoms in total. The molecule has 7 heteroatoms. The highest BCUT2D eigenvalue weighted by molar-refractivity contribution is 5.94. The lowest BCUT2D eigenvalue weighted by Gasteiger charge is -2.32. The summed E-state index contributed by atoms with van der Waals surface area (Å²) in [6.07, 6.45) is 0. The van der Waals surface area contributed by atoms with Crippen molar-refractivity contribution in [3.63, 3.8) is 0 Å². The van der Waals surface area contributed by atoms with Crippen molar-refractivity contribution < 1.29 is 28.8 Å². The van der Waals surface area contributed by atoms with Gasteiger partial charge >= 0.3 is 0 Å². The molecule has 1 aliphatic rings. The molecule has 3 N–H and O–H groups in total. The molecule has 0 spiro atoms. The van der Waals surface area contributed by atoms with E-state index in [1.54, 1.807) is 21.3 Å². The summed E-state index contributed by atoms with van der Waals surface area (Å²) in [7, 11) is 4.92. The van der Waals surface area contributed by atoms with Crippen molar-refractivity contribution in [2.24, 2.45) is 0 Å². The Labute approximate surface area is 178 Å². The maximum Gasteiger partial charge on any atom is 0.282 e. The number of rotatable bonds is 8. The summed E-state index contributed by atoms with van der Waals surface area (Å²) in [5.74, 6) is 2.22. The highest BCUT2D eigenvalue weighted by atomic mass is 16.5. The van der Waals surface area contributed by atoms with Crippen LogP contribution in [0, 0.1) is 0 Å². The number of amides is 1. The van der Waals surface area contributed by atoms with E-state index in [2.05, 4.69) is 11.4 Å². The van der Waals surface area contributed by atoms with Crippen molar-refractivity contribution in [1.29, 1.82) is 0 Å². The predicted octanol–water partition coefficient (Wildman–Crippen LogP) is 0.0230. The van der Waals surface area contributed by atoms with Crippen LogP contribution in [0.15, 0.2) is 42.5 Å². The third-order valence-corrected chi connectivity index (χ3v) is 5.87. The topological polar surface area (TPSA) is 65.7 Å². The van der Waals surface area contributed by atoms with E-state index >= 15 is 0 Å². The maximum absolute atomic E-state index is 12.8. The van der Waals surface area contributed by atoms with Gasteiger partial charge in [-0.1, -0.05) is 12.1 Å². The Hall–Kier alpha value is -2.77. The summed E-state index contributed by atoms with van der Waals surface area (Å²) in [6.45, 7) is 6.91. The van der Waals surface area contributed by atoms with Crippen LogP contribution in [-0.4, -0.2) is 59.5 Å². The van der Waals surface area contributed by atoms with Crippen LogP contribution in [0.1, 0.15) is 12.5 Å². The predicted molar refractivity (Wildman–Crippen MR) is 116 cm³/mol. The molecule has 3 rings (SSSR count). The van der Waals surface area contributed by atoms with Crippen LogP contribution in [0.3, 0.4) is 0 Å². The fourth-order valence-corrected chi connectivity index (χ4v) is 3.99. The van der Waals surface area contributed by atoms with E-state index in [0.717, 1.165) is 44.2 Å². The van der Waals surface area contributed by atoms with Crippen LogP contribution in [0.4, 0.5) is 5.69 Å². The van der Waals surface area contributed by atoms with Crippen LogP contribution in [0.2, 0.25) is 0 Å². The first kappa shape index (κ1) is 21.9. The first-order valence-electron chi connectivity index (χ1n) is 10.4. The van der Waals surface area contributed by atoms with E-state index in [1.807, 2.05) is 43.3 Å². The fraction of sp³-hybridized carbons (Fsp3) is 0.435. The molecule has 1 fully saturated rings. The molecule has 162 valence electrons. The minimum Gasteiger partial charge on any atom is -0.495 e. The van der Waals surface area contributed by atoms with Gasteiger partial charge in [0.05, 0.1) is 27.0 Å². The van der Waals surface area contributed by atoms with Gasteiger partial charge in [-0.2, -0.15) is 0 Å². The molecule has 0 bridgehead atoms. The number of quaternary nitrogens is 2. The molecule has 1 amide bonds. The van der Waals surface area contributed by atoms with Crippen molar-refractivity contribution >= 4 is 11.6 Å². The van der Waals surface area contributed by atoms with Gasteiger partial charge < -0.3 is 29.3 Å². The number of carbonyl (C=O) groups excluding carboxylic acids is 1. The number of methoxy groups -OCH3 is 3. The van der Waals surface area contributed by atoms with Gasteiger partial charge in [0.1, 0.15) is 38.5 Å². The second-order valence-corrected chi connectivity index (χ2v) is 7.69. The van der Waals surface area contributed by atoms with Crippen LogP contribution in [0.25, 0.3) is 0 Å². The average molecular weight is 416 g/mol. The Morgan fingerprint density at radius 3 is 2.27 bits per heavy atom. The quantitative estimate of drug-likeness (QED) is 0.569. The smallest absolute Gasteiger partial charge is 0.282 e. The molecule has 1 heterocycles. The lowest BCUT2D eigenvalue weighted by Crippen LogP contribution is -3.29. The van der Waals surface area contributed by atoms with Crippen molar-refractivity contribution in [1.82, 2.24) is 0 Å². The van der Waals surface area contributed by atoms with Gasteiger partial charge in [-0.3, -0.25) is 4.79 Å². The zero-order valence-corrected chi connectivity index (χ0v) is 18.3. The third-order valence-electron chi connectivity index (χ3n) is 5.87. The van der Waals surface area contributed by atoms with E-state index in [4.69, 9.17) is 14.2 Å². The third kappa shape index (κ3) is 5.23. The standard InChI is InChI=1S/C23H31N3O4/c1-17(23(27)24-19-7-5-6-8-20(19)28-2)26-13-11-25(12-14-26)16-18-9-10-21(29-3)22(15-18)30-4/h5-10,15,17H,11-14,16H2,1-4H3,(H,24,27)/p+2/t17-/m0/s1. The van der Waals surface area contributed by atoms with Crippen molar-refractivity contribution in [3.8, 4) is 17.2 Å². The molecule has 0 radical (unpaired) electrons. The van der Waals surface area contributed by atoms with Gasteiger partial charge in [-0.25, -0.2) is 0 Å². The second-order valence-electron chi connectivity index (χ2n) is 7.69. The number of anilines is 1. The summed E-state index contributed by atoms with van der Waals surface area (Å²) in [5, 5.41) is 3.02. The zero-order chi connectivity index (χ0) is 21.5. The molecular weight excluding hydrogens is 382 g/mol. The molecule has 0 unspecified atom stereocenters. The largest absolute Gasteiger partial charge is 0.495 e. The number of benzene rings is 2. The molecule has 1 atom stereocenters. The van der Waals surface area contributed by atoms with Gasteiger partial charge in [0.25, 0.3) is 5.91 Å². The normalized spacial score (nSPS) is 19.6. The lowest BCUT2D eigenvalue weighted by molar-refractivity contribution is -1.02. The van der Waals surface area contributed by atoms with E-state index in [-0.39, 0.29) is 11.9 Å². The van der Waals surface area contributed by atoms with E-state index in [0.29, 0.717) is 11.4 Å². The van der Waals surface area contributed by atoms with Crippen LogP contribution < -0.4 is 29.3 Å². The number of para-hydroxylation sites is 2. The first-order chi connectivity index (χ1) is 14.5. The Kier molecular flexibility index (Phi) is 7.54. The number of piperazine rings is 1. The summed E-state index contributed by atoms with van der Waals surface area (Å²) < 4.78 is 16.1. The van der Waals surface area contributed by atoms with Crippen LogP contribution in [0.5, 0.6) is 17.2 Å². The molecule has 2 aromatic carbocycles. The molecule has 0 aliphatic carbocycles. The van der Waals surface area contributed by atoms with Crippen LogP contribution >= 0.6 is 0 Å². The van der Waals surface area contributed by atoms with Crippen molar-refractivity contribution in [3.05, 3.63) is 48.0 Å². The Balaban J connectivity index is 1.53. The molecule has 2 aromatic rings. The molecule has 1 aliphatic heterocycles. The molecule has 1 saturated heterocycles. The first-order valence-corrected chi connectivity index (χ1v) is 10.4. The van der Waals surface area contributed by atoms with Gasteiger partial charge in [0.15, 0.2) is 17.5 Å². The number of hydrogen-bond donors (Lipinski definition) is 3. The van der Waals surface area contributed by atoms with Gasteiger partial charge in [0, 0.05) is 5.56 Å². The second kappa shape index (κ2) is 10.3. The molecule has 0 saturated carbocycles. The van der Waals surface area contributed by atoms with E-state index in [1.165, 1.54) is 15.4 Å². The summed E-state index contributed by atoms with van der Waals surface area (Å²) >= 11 is 0. The molecular formula is C23H33N3O4+2. The number of ether oxygens (including phenoxy) is 3. The van der Waals surface area contributed by atoms with E-state index < -0.39 is 0 Å². The molecule has 0 aromatic heterocycles. The lowest BCUT2D eigenvalue weighted by atomic mass is 10.1. The Morgan fingerprint density at radius 1 is 0.933 bits per heavy atom. The number of hydrogen-bond acceptors (Lipinski definition) is 4. The fourth-order valence-electron chi connectivity index (χ4n) is 3.99. The van der Waals surface area contributed by atoms with Gasteiger partial charge in [-0.05, 0) is 37.3 Å². The Bertz CT molecular complexity index is 850. The average Bonchev–Trinajstić information content (AvgIpc) is 2.79. The summed E-state index contributed by atoms with van der Waals surface area (Å²) in [6, 6.07) is 13.5. The highest BCUT2D eigenvalue weighted by Gasteiger charge is 2.31.